The lowest BCUT2D eigenvalue weighted by molar-refractivity contribution is 0.0324. The first-order chi connectivity index (χ1) is 9.85. The van der Waals surface area contributed by atoms with Crippen molar-refractivity contribution < 1.29 is 19.1 Å². The van der Waals surface area contributed by atoms with Crippen molar-refractivity contribution in [2.45, 2.75) is 32.6 Å². The van der Waals surface area contributed by atoms with Crippen molar-refractivity contribution in [1.82, 2.24) is 0 Å². The lowest BCUT2D eigenvalue weighted by atomic mass is 10.0. The van der Waals surface area contributed by atoms with E-state index in [1.54, 1.807) is 0 Å². The molecule has 6 heteroatoms. The molecule has 0 saturated carbocycles. The maximum atomic E-state index is 10.1. The first kappa shape index (κ1) is 18.7. The van der Waals surface area contributed by atoms with Crippen molar-refractivity contribution in [3.63, 3.8) is 0 Å². The Hall–Kier alpha value is -1.32. The van der Waals surface area contributed by atoms with Gasteiger partial charge in [0, 0.05) is 12.5 Å². The van der Waals surface area contributed by atoms with Crippen LogP contribution in [0.25, 0.3) is 0 Å². The molecule has 0 aromatic rings. The van der Waals surface area contributed by atoms with Crippen molar-refractivity contribution in [2.24, 2.45) is 15.9 Å². The highest BCUT2D eigenvalue weighted by atomic mass is 16.5. The van der Waals surface area contributed by atoms with Crippen molar-refractivity contribution in [2.75, 3.05) is 39.5 Å². The minimum Gasteiger partial charge on any atom is -0.379 e. The van der Waals surface area contributed by atoms with Gasteiger partial charge in [-0.3, -0.25) is 0 Å². The second-order valence-corrected chi connectivity index (χ2v) is 4.45. The standard InChI is InChI=1S/C14H24N2O4/c1-2-3-7-19-8-9-20-11-14(10-16-13-18)5-4-6-15-12-17/h14H,2-11H2,1H3. The average molecular weight is 284 g/mol. The van der Waals surface area contributed by atoms with Crippen molar-refractivity contribution >= 4 is 12.2 Å². The highest BCUT2D eigenvalue weighted by Crippen LogP contribution is 2.08. The second-order valence-electron chi connectivity index (χ2n) is 4.45. The molecule has 1 atom stereocenters. The van der Waals surface area contributed by atoms with Crippen molar-refractivity contribution in [3.05, 3.63) is 0 Å². The van der Waals surface area contributed by atoms with Gasteiger partial charge in [0.2, 0.25) is 12.2 Å². The fourth-order valence-corrected chi connectivity index (χ4v) is 1.61. The van der Waals surface area contributed by atoms with Crippen LogP contribution in [0.5, 0.6) is 0 Å². The monoisotopic (exact) mass is 284 g/mol. The Labute approximate surface area is 120 Å². The molecule has 0 spiro atoms. The minimum atomic E-state index is 0.147. The van der Waals surface area contributed by atoms with E-state index in [0.29, 0.717) is 32.9 Å². The van der Waals surface area contributed by atoms with Crippen LogP contribution in [0.4, 0.5) is 0 Å². The van der Waals surface area contributed by atoms with E-state index >= 15 is 0 Å². The Bertz CT molecular complexity index is 310. The fraction of sp³-hybridized carbons (Fsp3) is 0.857. The quantitative estimate of drug-likeness (QED) is 0.277. The third-order valence-corrected chi connectivity index (χ3v) is 2.73. The largest absolute Gasteiger partial charge is 0.379 e. The maximum absolute atomic E-state index is 10.1. The second kappa shape index (κ2) is 15.7. The zero-order valence-corrected chi connectivity index (χ0v) is 12.2. The molecule has 0 N–H and O–H groups in total. The van der Waals surface area contributed by atoms with E-state index in [1.807, 2.05) is 0 Å². The van der Waals surface area contributed by atoms with E-state index < -0.39 is 0 Å². The Kier molecular flexibility index (Phi) is 14.7. The van der Waals surface area contributed by atoms with Gasteiger partial charge < -0.3 is 9.47 Å². The zero-order valence-electron chi connectivity index (χ0n) is 12.2. The number of aliphatic imine (C=N–C) groups is 2. The SMILES string of the molecule is CCCCOCCOCC(CCCN=C=O)CN=C=O. The number of ether oxygens (including phenoxy) is 2. The van der Waals surface area contributed by atoms with Crippen LogP contribution >= 0.6 is 0 Å². The molecule has 20 heavy (non-hydrogen) atoms. The Balaban J connectivity index is 3.68. The van der Waals surface area contributed by atoms with Crippen LogP contribution in [0, 0.1) is 5.92 Å². The summed E-state index contributed by atoms with van der Waals surface area (Å²) in [4.78, 5) is 27.2. The van der Waals surface area contributed by atoms with Crippen LogP contribution in [0.1, 0.15) is 32.6 Å². The molecule has 114 valence electrons. The first-order valence-corrected chi connectivity index (χ1v) is 7.07. The highest BCUT2D eigenvalue weighted by Gasteiger charge is 2.08. The van der Waals surface area contributed by atoms with E-state index in [0.717, 1.165) is 32.3 Å². The van der Waals surface area contributed by atoms with Gasteiger partial charge in [0.05, 0.1) is 32.9 Å². The zero-order chi connectivity index (χ0) is 14.9. The summed E-state index contributed by atoms with van der Waals surface area (Å²) in [5.74, 6) is 0.147. The van der Waals surface area contributed by atoms with Crippen molar-refractivity contribution in [1.29, 1.82) is 0 Å². The van der Waals surface area contributed by atoms with E-state index in [1.165, 1.54) is 12.2 Å². The number of isocyanates is 2. The number of unbranched alkanes of at least 4 members (excludes halogenated alkanes) is 1. The summed E-state index contributed by atoms with van der Waals surface area (Å²) in [5.41, 5.74) is 0. The van der Waals surface area contributed by atoms with E-state index in [-0.39, 0.29) is 5.92 Å². The van der Waals surface area contributed by atoms with Gasteiger partial charge in [0.1, 0.15) is 0 Å². The molecule has 0 rings (SSSR count). The normalized spacial score (nSPS) is 11.4. The third-order valence-electron chi connectivity index (χ3n) is 2.73. The molecule has 0 heterocycles. The molecule has 0 aromatic carbocycles. The molecule has 0 aliphatic heterocycles. The molecule has 0 amide bonds. The number of nitrogens with zero attached hydrogens (tertiary/aromatic N) is 2. The molecule has 0 aromatic heterocycles. The van der Waals surface area contributed by atoms with Crippen LogP contribution in [0.15, 0.2) is 9.98 Å². The molecular weight excluding hydrogens is 260 g/mol. The number of hydrogen-bond donors (Lipinski definition) is 0. The van der Waals surface area contributed by atoms with Gasteiger partial charge in [-0.15, -0.1) is 0 Å². The Morgan fingerprint density at radius 2 is 1.75 bits per heavy atom. The average Bonchev–Trinajstić information content (AvgIpc) is 2.47. The van der Waals surface area contributed by atoms with Gasteiger partial charge in [-0.05, 0) is 19.3 Å². The van der Waals surface area contributed by atoms with Gasteiger partial charge in [0.15, 0.2) is 0 Å². The summed E-state index contributed by atoms with van der Waals surface area (Å²) in [6, 6.07) is 0. The van der Waals surface area contributed by atoms with E-state index in [9.17, 15) is 9.59 Å². The first-order valence-electron chi connectivity index (χ1n) is 7.07. The number of carbonyl (C=O) groups excluding carboxylic acids is 2. The molecule has 0 saturated heterocycles. The summed E-state index contributed by atoms with van der Waals surface area (Å²) in [7, 11) is 0. The summed E-state index contributed by atoms with van der Waals surface area (Å²) in [6.07, 6.45) is 6.77. The Morgan fingerprint density at radius 3 is 2.45 bits per heavy atom. The smallest absolute Gasteiger partial charge is 0.234 e. The van der Waals surface area contributed by atoms with Crippen LogP contribution in [0.3, 0.4) is 0 Å². The summed E-state index contributed by atoms with van der Waals surface area (Å²) >= 11 is 0. The molecule has 1 unspecified atom stereocenters. The van der Waals surface area contributed by atoms with E-state index in [2.05, 4.69) is 16.9 Å². The molecule has 0 fully saturated rings. The lowest BCUT2D eigenvalue weighted by Crippen LogP contribution is -2.16. The predicted octanol–water partition coefficient (Wildman–Crippen LogP) is 1.89. The summed E-state index contributed by atoms with van der Waals surface area (Å²) < 4.78 is 10.9. The highest BCUT2D eigenvalue weighted by molar-refractivity contribution is 5.33. The van der Waals surface area contributed by atoms with Gasteiger partial charge in [-0.2, -0.15) is 0 Å². The molecular formula is C14H24N2O4. The molecule has 0 aliphatic rings. The number of hydrogen-bond acceptors (Lipinski definition) is 6. The van der Waals surface area contributed by atoms with Crippen LogP contribution in [-0.4, -0.2) is 51.7 Å². The third kappa shape index (κ3) is 13.1. The molecule has 6 nitrogen and oxygen atoms in total. The van der Waals surface area contributed by atoms with Crippen LogP contribution in [-0.2, 0) is 19.1 Å². The summed E-state index contributed by atoms with van der Waals surface area (Å²) in [6.45, 7) is 5.37. The van der Waals surface area contributed by atoms with Gasteiger partial charge in [0.25, 0.3) is 0 Å². The Morgan fingerprint density at radius 1 is 1.00 bits per heavy atom. The minimum absolute atomic E-state index is 0.147. The predicted molar refractivity (Wildman–Crippen MR) is 75.2 cm³/mol. The number of rotatable bonds is 14. The van der Waals surface area contributed by atoms with Crippen LogP contribution in [0.2, 0.25) is 0 Å². The maximum Gasteiger partial charge on any atom is 0.234 e. The molecule has 0 aliphatic carbocycles. The van der Waals surface area contributed by atoms with Gasteiger partial charge in [-0.25, -0.2) is 19.6 Å². The molecule has 0 bridgehead atoms. The van der Waals surface area contributed by atoms with Crippen LogP contribution < -0.4 is 0 Å². The topological polar surface area (TPSA) is 77.3 Å². The fourth-order valence-electron chi connectivity index (χ4n) is 1.61. The van der Waals surface area contributed by atoms with Gasteiger partial charge in [-0.1, -0.05) is 13.3 Å². The molecule has 0 radical (unpaired) electrons. The van der Waals surface area contributed by atoms with E-state index in [4.69, 9.17) is 9.47 Å². The summed E-state index contributed by atoms with van der Waals surface area (Å²) in [5, 5.41) is 0. The van der Waals surface area contributed by atoms with Gasteiger partial charge >= 0.3 is 0 Å². The van der Waals surface area contributed by atoms with Crippen molar-refractivity contribution in [3.8, 4) is 0 Å². The lowest BCUT2D eigenvalue weighted by Gasteiger charge is -2.13.